The van der Waals surface area contributed by atoms with E-state index in [4.69, 9.17) is 11.6 Å². The zero-order valence-electron chi connectivity index (χ0n) is 8.81. The van der Waals surface area contributed by atoms with E-state index in [0.717, 1.165) is 19.5 Å². The third-order valence-electron chi connectivity index (χ3n) is 2.36. The molecule has 2 rings (SSSR count). The van der Waals surface area contributed by atoms with E-state index in [-0.39, 0.29) is 4.83 Å². The van der Waals surface area contributed by atoms with E-state index >= 15 is 0 Å². The molecule has 5 heteroatoms. The molecular formula is C12H8Br3ClS. The fraction of sp³-hybridized carbons (Fsp3) is 0.167. The molecule has 0 saturated carbocycles. The van der Waals surface area contributed by atoms with Crippen LogP contribution in [-0.4, -0.2) is 0 Å². The lowest BCUT2D eigenvalue weighted by atomic mass is 10.1. The lowest BCUT2D eigenvalue weighted by Crippen LogP contribution is -1.89. The van der Waals surface area contributed by atoms with E-state index in [0.29, 0.717) is 0 Å². The molecule has 0 spiro atoms. The molecule has 0 bridgehead atoms. The molecule has 90 valence electrons. The van der Waals surface area contributed by atoms with Crippen molar-refractivity contribution in [2.75, 3.05) is 0 Å². The zero-order chi connectivity index (χ0) is 12.6. The zero-order valence-corrected chi connectivity index (χ0v) is 15.1. The van der Waals surface area contributed by atoms with Gasteiger partial charge in [0.25, 0.3) is 0 Å². The molecule has 0 aliphatic rings. The highest BCUT2D eigenvalue weighted by molar-refractivity contribution is 9.11. The molecule has 0 amide bonds. The van der Waals surface area contributed by atoms with Gasteiger partial charge in [-0.15, -0.1) is 11.3 Å². The largest absolute Gasteiger partial charge is 0.143 e. The Morgan fingerprint density at radius 3 is 2.41 bits per heavy atom. The molecule has 17 heavy (non-hydrogen) atoms. The van der Waals surface area contributed by atoms with Crippen LogP contribution in [0.25, 0.3) is 0 Å². The number of rotatable bonds is 2. The maximum atomic E-state index is 6.11. The number of benzene rings is 1. The van der Waals surface area contributed by atoms with Crippen LogP contribution in [0.2, 0.25) is 5.02 Å². The van der Waals surface area contributed by atoms with E-state index in [1.807, 2.05) is 12.1 Å². The van der Waals surface area contributed by atoms with E-state index in [1.54, 1.807) is 11.3 Å². The van der Waals surface area contributed by atoms with E-state index in [1.165, 1.54) is 9.75 Å². The van der Waals surface area contributed by atoms with Gasteiger partial charge in [-0.3, -0.25) is 0 Å². The fourth-order valence-corrected chi connectivity index (χ4v) is 4.14. The van der Waals surface area contributed by atoms with Crippen LogP contribution in [0.4, 0.5) is 0 Å². The van der Waals surface area contributed by atoms with Crippen LogP contribution < -0.4 is 0 Å². The molecule has 1 heterocycles. The van der Waals surface area contributed by atoms with Gasteiger partial charge in [0.05, 0.1) is 9.85 Å². The molecule has 0 fully saturated rings. The Bertz CT molecular complexity index is 531. The standard InChI is InChI=1S/C12H8Br3ClS/c1-6-9(14)5-11(17-6)12(15)7-2-3-8(13)10(16)4-7/h2-5,12H,1H3. The summed E-state index contributed by atoms with van der Waals surface area (Å²) in [6.07, 6.45) is 0. The Labute approximate surface area is 135 Å². The molecule has 1 aromatic carbocycles. The van der Waals surface area contributed by atoms with E-state index in [2.05, 4.69) is 66.8 Å². The molecule has 0 aliphatic heterocycles. The second kappa shape index (κ2) is 5.74. The summed E-state index contributed by atoms with van der Waals surface area (Å²) >= 11 is 18.5. The van der Waals surface area contributed by atoms with Gasteiger partial charge in [-0.05, 0) is 62.5 Å². The topological polar surface area (TPSA) is 0 Å². The SMILES string of the molecule is Cc1sc(C(Br)c2ccc(Br)c(Cl)c2)cc1Br. The Morgan fingerprint density at radius 2 is 1.88 bits per heavy atom. The Morgan fingerprint density at radius 1 is 1.18 bits per heavy atom. The first-order chi connectivity index (χ1) is 7.99. The number of hydrogen-bond donors (Lipinski definition) is 0. The predicted octanol–water partition coefficient (Wildman–Crippen LogP) is 6.72. The monoisotopic (exact) mass is 456 g/mol. The highest BCUT2D eigenvalue weighted by atomic mass is 79.9. The van der Waals surface area contributed by atoms with Gasteiger partial charge in [0.1, 0.15) is 0 Å². The van der Waals surface area contributed by atoms with Gasteiger partial charge in [0.2, 0.25) is 0 Å². The number of halogens is 4. The first-order valence-electron chi connectivity index (χ1n) is 4.84. The van der Waals surface area contributed by atoms with Crippen LogP contribution in [0.5, 0.6) is 0 Å². The molecule has 0 aliphatic carbocycles. The van der Waals surface area contributed by atoms with Crippen molar-refractivity contribution in [3.05, 3.63) is 53.6 Å². The summed E-state index contributed by atoms with van der Waals surface area (Å²) in [7, 11) is 0. The summed E-state index contributed by atoms with van der Waals surface area (Å²) in [6, 6.07) is 8.17. The van der Waals surface area contributed by atoms with E-state index < -0.39 is 0 Å². The van der Waals surface area contributed by atoms with Crippen LogP contribution in [0.15, 0.2) is 33.2 Å². The van der Waals surface area contributed by atoms with Gasteiger partial charge >= 0.3 is 0 Å². The number of hydrogen-bond acceptors (Lipinski definition) is 1. The van der Waals surface area contributed by atoms with Crippen LogP contribution in [0.3, 0.4) is 0 Å². The van der Waals surface area contributed by atoms with Crippen molar-refractivity contribution >= 4 is 70.7 Å². The fourth-order valence-electron chi connectivity index (χ4n) is 1.44. The van der Waals surface area contributed by atoms with Gasteiger partial charge in [0, 0.05) is 18.7 Å². The van der Waals surface area contributed by atoms with Crippen LogP contribution in [0.1, 0.15) is 20.1 Å². The molecule has 1 unspecified atom stereocenters. The predicted molar refractivity (Wildman–Crippen MR) is 86.7 cm³/mol. The van der Waals surface area contributed by atoms with Crippen molar-refractivity contribution in [2.24, 2.45) is 0 Å². The lowest BCUT2D eigenvalue weighted by molar-refractivity contribution is 1.22. The minimum atomic E-state index is 0.183. The van der Waals surface area contributed by atoms with Crippen molar-refractivity contribution in [3.63, 3.8) is 0 Å². The Balaban J connectivity index is 2.36. The second-order valence-electron chi connectivity index (χ2n) is 3.59. The summed E-state index contributed by atoms with van der Waals surface area (Å²) in [4.78, 5) is 2.74. The van der Waals surface area contributed by atoms with Crippen LogP contribution >= 0.6 is 70.7 Å². The average Bonchev–Trinajstić information content (AvgIpc) is 2.62. The Hall–Kier alpha value is 0.650. The minimum absolute atomic E-state index is 0.183. The summed E-state index contributed by atoms with van der Waals surface area (Å²) < 4.78 is 2.08. The third kappa shape index (κ3) is 3.16. The first kappa shape index (κ1) is 14.1. The van der Waals surface area contributed by atoms with Crippen molar-refractivity contribution in [2.45, 2.75) is 11.8 Å². The molecule has 0 radical (unpaired) electrons. The van der Waals surface area contributed by atoms with Gasteiger partial charge in [0.15, 0.2) is 0 Å². The maximum absolute atomic E-state index is 6.11. The van der Waals surface area contributed by atoms with Crippen molar-refractivity contribution in [1.82, 2.24) is 0 Å². The van der Waals surface area contributed by atoms with Crippen LogP contribution in [0, 0.1) is 6.92 Å². The number of thiophene rings is 1. The van der Waals surface area contributed by atoms with Crippen molar-refractivity contribution in [3.8, 4) is 0 Å². The quantitative estimate of drug-likeness (QED) is 0.438. The molecule has 0 saturated heterocycles. The van der Waals surface area contributed by atoms with Gasteiger partial charge in [-0.1, -0.05) is 33.6 Å². The second-order valence-corrected chi connectivity index (χ2v) is 7.91. The molecule has 0 N–H and O–H groups in total. The van der Waals surface area contributed by atoms with E-state index in [9.17, 15) is 0 Å². The molecule has 1 atom stereocenters. The minimum Gasteiger partial charge on any atom is -0.143 e. The summed E-state index contributed by atoms with van der Waals surface area (Å²) in [6.45, 7) is 2.10. The highest BCUT2D eigenvalue weighted by Gasteiger charge is 2.15. The average molecular weight is 459 g/mol. The summed E-state index contributed by atoms with van der Waals surface area (Å²) in [5, 5.41) is 0.735. The molecule has 1 aromatic heterocycles. The first-order valence-corrected chi connectivity index (χ1v) is 8.53. The number of aryl methyl sites for hydroxylation is 1. The normalized spacial score (nSPS) is 12.8. The molecular weight excluding hydrogens is 451 g/mol. The molecule has 0 nitrogen and oxygen atoms in total. The highest BCUT2D eigenvalue weighted by Crippen LogP contribution is 2.40. The van der Waals surface area contributed by atoms with Gasteiger partial charge < -0.3 is 0 Å². The van der Waals surface area contributed by atoms with Crippen molar-refractivity contribution < 1.29 is 0 Å². The molecule has 2 aromatic rings. The summed E-state index contributed by atoms with van der Waals surface area (Å²) in [5.41, 5.74) is 1.16. The maximum Gasteiger partial charge on any atom is 0.0739 e. The lowest BCUT2D eigenvalue weighted by Gasteiger charge is -2.09. The van der Waals surface area contributed by atoms with Gasteiger partial charge in [-0.25, -0.2) is 0 Å². The smallest absolute Gasteiger partial charge is 0.0739 e. The van der Waals surface area contributed by atoms with Gasteiger partial charge in [-0.2, -0.15) is 0 Å². The van der Waals surface area contributed by atoms with Crippen molar-refractivity contribution in [1.29, 1.82) is 0 Å². The number of alkyl halides is 1. The van der Waals surface area contributed by atoms with Crippen LogP contribution in [-0.2, 0) is 0 Å². The summed E-state index contributed by atoms with van der Waals surface area (Å²) in [5.74, 6) is 0. The third-order valence-corrected chi connectivity index (χ3v) is 7.12. The Kier molecular flexibility index (Phi) is 4.75.